The van der Waals surface area contributed by atoms with Crippen molar-refractivity contribution >= 4 is 11.3 Å². The maximum absolute atomic E-state index is 13.8. The summed E-state index contributed by atoms with van der Waals surface area (Å²) < 4.78 is 13.8. The second-order valence-corrected chi connectivity index (χ2v) is 5.04. The fourth-order valence-electron chi connectivity index (χ4n) is 1.88. The highest BCUT2D eigenvalue weighted by atomic mass is 32.1. The maximum atomic E-state index is 13.8. The van der Waals surface area contributed by atoms with Crippen molar-refractivity contribution in [2.45, 2.75) is 26.3 Å². The molecule has 2 aromatic rings. The summed E-state index contributed by atoms with van der Waals surface area (Å²) in [6.07, 6.45) is 3.58. The molecule has 5 heteroatoms. The molecular weight excluding hydrogens is 249 g/mol. The summed E-state index contributed by atoms with van der Waals surface area (Å²) in [5.74, 6) is -0.267. The third-order valence-electron chi connectivity index (χ3n) is 2.68. The van der Waals surface area contributed by atoms with Gasteiger partial charge in [-0.1, -0.05) is 6.92 Å². The highest BCUT2D eigenvalue weighted by Crippen LogP contribution is 2.22. The Morgan fingerprint density at radius 1 is 1.50 bits per heavy atom. The zero-order chi connectivity index (χ0) is 13.0. The number of pyridine rings is 1. The van der Waals surface area contributed by atoms with Crippen LogP contribution in [0, 0.1) is 12.7 Å². The number of thiazole rings is 1. The van der Waals surface area contributed by atoms with Crippen molar-refractivity contribution in [2.75, 3.05) is 6.54 Å². The Bertz CT molecular complexity index is 512. The molecule has 96 valence electrons. The predicted octanol–water partition coefficient (Wildman–Crippen LogP) is 2.88. The third-order valence-corrected chi connectivity index (χ3v) is 3.66. The summed E-state index contributed by atoms with van der Waals surface area (Å²) in [5.41, 5.74) is 1.67. The van der Waals surface area contributed by atoms with Crippen LogP contribution >= 0.6 is 11.3 Å². The van der Waals surface area contributed by atoms with Gasteiger partial charge in [-0.15, -0.1) is 11.3 Å². The molecule has 0 aromatic carbocycles. The summed E-state index contributed by atoms with van der Waals surface area (Å²) in [5, 5.41) is 6.33. The fourth-order valence-corrected chi connectivity index (χ4v) is 2.70. The van der Waals surface area contributed by atoms with Crippen LogP contribution in [0.3, 0.4) is 0 Å². The zero-order valence-corrected chi connectivity index (χ0v) is 11.3. The number of aryl methyl sites for hydroxylation is 1. The van der Waals surface area contributed by atoms with Crippen LogP contribution in [0.5, 0.6) is 0 Å². The van der Waals surface area contributed by atoms with Crippen molar-refractivity contribution in [3.8, 4) is 0 Å². The molecule has 1 atom stereocenters. The van der Waals surface area contributed by atoms with Crippen LogP contribution < -0.4 is 5.32 Å². The smallest absolute Gasteiger partial charge is 0.146 e. The topological polar surface area (TPSA) is 37.8 Å². The molecule has 0 bridgehead atoms. The van der Waals surface area contributed by atoms with Gasteiger partial charge in [0.25, 0.3) is 0 Å². The molecule has 0 saturated heterocycles. The van der Waals surface area contributed by atoms with Crippen LogP contribution in [0.1, 0.15) is 29.2 Å². The fraction of sp³-hybridized carbons (Fsp3) is 0.385. The van der Waals surface area contributed by atoms with E-state index in [2.05, 4.69) is 15.3 Å². The first kappa shape index (κ1) is 13.1. The molecule has 0 aliphatic carbocycles. The van der Waals surface area contributed by atoms with Crippen LogP contribution in [-0.4, -0.2) is 16.5 Å². The number of rotatable bonds is 5. The predicted molar refractivity (Wildman–Crippen MR) is 71.2 cm³/mol. The van der Waals surface area contributed by atoms with E-state index in [4.69, 9.17) is 0 Å². The second kappa shape index (κ2) is 6.02. The highest BCUT2D eigenvalue weighted by Gasteiger charge is 2.16. The van der Waals surface area contributed by atoms with Crippen molar-refractivity contribution in [3.63, 3.8) is 0 Å². The van der Waals surface area contributed by atoms with Gasteiger partial charge in [0.15, 0.2) is 0 Å². The zero-order valence-electron chi connectivity index (χ0n) is 10.5. The Morgan fingerprint density at radius 3 is 2.94 bits per heavy atom. The molecule has 0 fully saturated rings. The lowest BCUT2D eigenvalue weighted by atomic mass is 10.1. The standard InChI is InChI=1S/C13H16FN3S/c1-3-16-12(6-13-17-9(2)8-18-13)10-4-5-15-7-11(10)14/h4-5,7-8,12,16H,3,6H2,1-2H3. The van der Waals surface area contributed by atoms with Gasteiger partial charge in [0, 0.05) is 35.3 Å². The van der Waals surface area contributed by atoms with E-state index in [1.807, 2.05) is 19.2 Å². The first-order valence-electron chi connectivity index (χ1n) is 5.94. The average molecular weight is 265 g/mol. The lowest BCUT2D eigenvalue weighted by Crippen LogP contribution is -2.24. The van der Waals surface area contributed by atoms with Crippen LogP contribution in [0.25, 0.3) is 0 Å². The van der Waals surface area contributed by atoms with E-state index in [1.165, 1.54) is 6.20 Å². The number of nitrogens with zero attached hydrogens (tertiary/aromatic N) is 2. The molecule has 3 nitrogen and oxygen atoms in total. The van der Waals surface area contributed by atoms with E-state index in [0.717, 1.165) is 17.2 Å². The second-order valence-electron chi connectivity index (χ2n) is 4.09. The first-order chi connectivity index (χ1) is 8.70. The number of hydrogen-bond acceptors (Lipinski definition) is 4. The van der Waals surface area contributed by atoms with Crippen LogP contribution in [0.4, 0.5) is 4.39 Å². The van der Waals surface area contributed by atoms with Gasteiger partial charge in [0.1, 0.15) is 5.82 Å². The molecule has 1 N–H and O–H groups in total. The van der Waals surface area contributed by atoms with Crippen LogP contribution in [0.2, 0.25) is 0 Å². The van der Waals surface area contributed by atoms with Crippen molar-refractivity contribution in [3.05, 3.63) is 45.9 Å². The molecule has 0 aliphatic heterocycles. The Morgan fingerprint density at radius 2 is 2.33 bits per heavy atom. The summed E-state index contributed by atoms with van der Waals surface area (Å²) in [7, 11) is 0. The Labute approximate surface area is 110 Å². The van der Waals surface area contributed by atoms with Gasteiger partial charge in [0.2, 0.25) is 0 Å². The maximum Gasteiger partial charge on any atom is 0.146 e. The molecule has 0 radical (unpaired) electrons. The van der Waals surface area contributed by atoms with Crippen LogP contribution in [0.15, 0.2) is 23.8 Å². The molecule has 0 aliphatic rings. The van der Waals surface area contributed by atoms with Gasteiger partial charge >= 0.3 is 0 Å². The van der Waals surface area contributed by atoms with E-state index in [0.29, 0.717) is 12.0 Å². The SMILES string of the molecule is CCNC(Cc1nc(C)cs1)c1ccncc1F. The summed E-state index contributed by atoms with van der Waals surface area (Å²) >= 11 is 1.62. The lowest BCUT2D eigenvalue weighted by Gasteiger charge is -2.17. The molecule has 0 saturated carbocycles. The molecule has 1 unspecified atom stereocenters. The molecule has 18 heavy (non-hydrogen) atoms. The summed E-state index contributed by atoms with van der Waals surface area (Å²) in [4.78, 5) is 8.21. The van der Waals surface area contributed by atoms with E-state index in [9.17, 15) is 4.39 Å². The van der Waals surface area contributed by atoms with Gasteiger partial charge in [-0.25, -0.2) is 9.37 Å². The summed E-state index contributed by atoms with van der Waals surface area (Å²) in [6.45, 7) is 4.77. The largest absolute Gasteiger partial charge is 0.310 e. The molecule has 2 heterocycles. The van der Waals surface area contributed by atoms with Crippen molar-refractivity contribution in [1.82, 2.24) is 15.3 Å². The van der Waals surface area contributed by atoms with Crippen LogP contribution in [-0.2, 0) is 6.42 Å². The number of halogens is 1. The average Bonchev–Trinajstić information content (AvgIpc) is 2.75. The third kappa shape index (κ3) is 3.11. The van der Waals surface area contributed by atoms with Crippen molar-refractivity contribution < 1.29 is 4.39 Å². The first-order valence-corrected chi connectivity index (χ1v) is 6.82. The minimum atomic E-state index is -0.267. The normalized spacial score (nSPS) is 12.6. The van der Waals surface area contributed by atoms with Crippen molar-refractivity contribution in [1.29, 1.82) is 0 Å². The quantitative estimate of drug-likeness (QED) is 0.903. The minimum absolute atomic E-state index is 0.0523. The van der Waals surface area contributed by atoms with Gasteiger partial charge < -0.3 is 5.32 Å². The lowest BCUT2D eigenvalue weighted by molar-refractivity contribution is 0.506. The Balaban J connectivity index is 2.20. The number of hydrogen-bond donors (Lipinski definition) is 1. The molecule has 0 spiro atoms. The highest BCUT2D eigenvalue weighted by molar-refractivity contribution is 7.09. The summed E-state index contributed by atoms with van der Waals surface area (Å²) in [6, 6.07) is 1.67. The number of aromatic nitrogens is 2. The van der Waals surface area contributed by atoms with Gasteiger partial charge in [-0.3, -0.25) is 4.98 Å². The Hall–Kier alpha value is -1.33. The van der Waals surface area contributed by atoms with E-state index in [-0.39, 0.29) is 11.9 Å². The van der Waals surface area contributed by atoms with Crippen molar-refractivity contribution in [2.24, 2.45) is 0 Å². The minimum Gasteiger partial charge on any atom is -0.310 e. The molecule has 0 amide bonds. The van der Waals surface area contributed by atoms with Gasteiger partial charge in [-0.05, 0) is 19.5 Å². The van der Waals surface area contributed by atoms with E-state index in [1.54, 1.807) is 23.6 Å². The van der Waals surface area contributed by atoms with Gasteiger partial charge in [-0.2, -0.15) is 0 Å². The van der Waals surface area contributed by atoms with E-state index < -0.39 is 0 Å². The molecule has 2 aromatic heterocycles. The van der Waals surface area contributed by atoms with Gasteiger partial charge in [0.05, 0.1) is 11.2 Å². The monoisotopic (exact) mass is 265 g/mol. The molecular formula is C13H16FN3S. The van der Waals surface area contributed by atoms with E-state index >= 15 is 0 Å². The number of nitrogens with one attached hydrogen (secondary N) is 1. The Kier molecular flexibility index (Phi) is 4.38. The number of likely N-dealkylation sites (N-methyl/N-ethyl adjacent to an activating group) is 1. The molecule has 2 rings (SSSR count).